The molecule has 3 rings (SSSR count). The number of carbonyl (C=O) groups is 1. The molecule has 0 radical (unpaired) electrons. The second kappa shape index (κ2) is 8.99. The zero-order valence-electron chi connectivity index (χ0n) is 16.3. The number of terminal acetylenes is 1. The Kier molecular flexibility index (Phi) is 6.69. The van der Waals surface area contributed by atoms with Crippen LogP contribution in [-0.4, -0.2) is 53.6 Å². The molecule has 1 unspecified atom stereocenters. The Bertz CT molecular complexity index is 539. The molecule has 0 aromatic carbocycles. The van der Waals surface area contributed by atoms with Crippen LogP contribution < -0.4 is 0 Å². The molecule has 2 saturated heterocycles. The van der Waals surface area contributed by atoms with Crippen LogP contribution in [0.15, 0.2) is 10.2 Å². The van der Waals surface area contributed by atoms with Gasteiger partial charge in [-0.05, 0) is 58.0 Å². The summed E-state index contributed by atoms with van der Waals surface area (Å²) in [7, 11) is 0. The monoisotopic (exact) mass is 358 g/mol. The van der Waals surface area contributed by atoms with Gasteiger partial charge in [-0.2, -0.15) is 10.2 Å². The summed E-state index contributed by atoms with van der Waals surface area (Å²) in [5.74, 6) is 3.69. The maximum atomic E-state index is 12.5. The molecule has 5 nitrogen and oxygen atoms in total. The molecule has 3 heterocycles. The van der Waals surface area contributed by atoms with Crippen molar-refractivity contribution >= 4 is 5.91 Å². The van der Waals surface area contributed by atoms with Crippen LogP contribution in [0.3, 0.4) is 0 Å². The Morgan fingerprint density at radius 1 is 1.15 bits per heavy atom. The van der Waals surface area contributed by atoms with Crippen LogP contribution in [-0.2, 0) is 4.79 Å². The van der Waals surface area contributed by atoms with Crippen molar-refractivity contribution in [3.8, 4) is 12.3 Å². The number of amides is 1. The lowest BCUT2D eigenvalue weighted by atomic mass is 9.92. The molecule has 1 amide bonds. The summed E-state index contributed by atoms with van der Waals surface area (Å²) in [6, 6.07) is 0.755. The molecule has 3 aliphatic heterocycles. The summed E-state index contributed by atoms with van der Waals surface area (Å²) in [4.78, 5) is 17.2. The number of hydrogen-bond acceptors (Lipinski definition) is 4. The topological polar surface area (TPSA) is 48.3 Å². The van der Waals surface area contributed by atoms with Gasteiger partial charge in [0.2, 0.25) is 5.91 Å². The summed E-state index contributed by atoms with van der Waals surface area (Å²) in [5.41, 5.74) is -0.328. The largest absolute Gasteiger partial charge is 0.343 e. The summed E-state index contributed by atoms with van der Waals surface area (Å²) in [6.45, 7) is 6.72. The van der Waals surface area contributed by atoms with Crippen LogP contribution in [0.4, 0.5) is 0 Å². The van der Waals surface area contributed by atoms with Gasteiger partial charge in [0, 0.05) is 44.8 Å². The fourth-order valence-electron chi connectivity index (χ4n) is 4.44. The highest BCUT2D eigenvalue weighted by atomic mass is 16.2. The van der Waals surface area contributed by atoms with E-state index in [-0.39, 0.29) is 11.6 Å². The van der Waals surface area contributed by atoms with Crippen LogP contribution >= 0.6 is 0 Å². The van der Waals surface area contributed by atoms with Gasteiger partial charge < -0.3 is 9.80 Å². The molecule has 0 aliphatic carbocycles. The van der Waals surface area contributed by atoms with E-state index in [9.17, 15) is 4.79 Å². The summed E-state index contributed by atoms with van der Waals surface area (Å²) >= 11 is 0. The van der Waals surface area contributed by atoms with Crippen LogP contribution in [0, 0.1) is 18.3 Å². The lowest BCUT2D eigenvalue weighted by molar-refractivity contribution is -0.132. The second-order valence-electron chi connectivity index (χ2n) is 8.38. The van der Waals surface area contributed by atoms with E-state index >= 15 is 0 Å². The minimum atomic E-state index is -0.328. The van der Waals surface area contributed by atoms with Gasteiger partial charge in [-0.3, -0.25) is 4.79 Å². The highest BCUT2D eigenvalue weighted by Crippen LogP contribution is 2.38. The van der Waals surface area contributed by atoms with E-state index in [1.165, 1.54) is 38.8 Å². The van der Waals surface area contributed by atoms with Crippen molar-refractivity contribution in [3.05, 3.63) is 0 Å². The molecule has 0 N–H and O–H groups in total. The number of carbonyl (C=O) groups excluding carboxylic acids is 1. The van der Waals surface area contributed by atoms with E-state index in [1.54, 1.807) is 0 Å². The molecule has 3 aliphatic rings. The summed E-state index contributed by atoms with van der Waals surface area (Å²) in [6.07, 6.45) is 15.8. The van der Waals surface area contributed by atoms with Gasteiger partial charge in [0.15, 0.2) is 5.66 Å². The van der Waals surface area contributed by atoms with Crippen molar-refractivity contribution in [2.24, 2.45) is 16.1 Å². The van der Waals surface area contributed by atoms with Crippen LogP contribution in [0.5, 0.6) is 0 Å². The zero-order valence-corrected chi connectivity index (χ0v) is 16.3. The van der Waals surface area contributed by atoms with Crippen molar-refractivity contribution < 1.29 is 4.79 Å². The maximum Gasteiger partial charge on any atom is 0.222 e. The first-order chi connectivity index (χ1) is 12.6. The molecular weight excluding hydrogens is 324 g/mol. The maximum absolute atomic E-state index is 12.5. The first-order valence-electron chi connectivity index (χ1n) is 10.5. The third-order valence-corrected chi connectivity index (χ3v) is 6.52. The summed E-state index contributed by atoms with van der Waals surface area (Å²) in [5, 5.41) is 8.26. The van der Waals surface area contributed by atoms with Gasteiger partial charge in [0.05, 0.1) is 0 Å². The lowest BCUT2D eigenvalue weighted by Gasteiger charge is -2.36. The van der Waals surface area contributed by atoms with Gasteiger partial charge in [0.1, 0.15) is 0 Å². The number of rotatable bonds is 8. The molecule has 0 aromatic heterocycles. The fourth-order valence-corrected chi connectivity index (χ4v) is 4.44. The van der Waals surface area contributed by atoms with Crippen LogP contribution in [0.25, 0.3) is 0 Å². The predicted molar refractivity (Wildman–Crippen MR) is 104 cm³/mol. The first kappa shape index (κ1) is 19.4. The molecule has 144 valence electrons. The Labute approximate surface area is 158 Å². The van der Waals surface area contributed by atoms with E-state index in [4.69, 9.17) is 6.42 Å². The minimum Gasteiger partial charge on any atom is -0.343 e. The van der Waals surface area contributed by atoms with Crippen LogP contribution in [0.2, 0.25) is 0 Å². The quantitative estimate of drug-likeness (QED) is 0.619. The number of piperidine rings is 2. The molecule has 0 aromatic rings. The average molecular weight is 359 g/mol. The standard InChI is InChI=1S/C21H34N4O/c1-3-4-12-21(22-23-21)13-8-20(26)25-16-10-19(11-17-25)9-15-24-14-6-5-7-18(24)2/h1,18-19H,4-17H2,2H3. The van der Waals surface area contributed by atoms with Crippen LogP contribution in [0.1, 0.15) is 71.1 Å². The molecule has 0 saturated carbocycles. The van der Waals surface area contributed by atoms with Crippen molar-refractivity contribution in [2.75, 3.05) is 26.2 Å². The second-order valence-corrected chi connectivity index (χ2v) is 8.38. The molecule has 0 spiro atoms. The van der Waals surface area contributed by atoms with Gasteiger partial charge in [-0.1, -0.05) is 6.42 Å². The smallest absolute Gasteiger partial charge is 0.222 e. The lowest BCUT2D eigenvalue weighted by Crippen LogP contribution is -2.41. The predicted octanol–water partition coefficient (Wildman–Crippen LogP) is 3.85. The molecule has 0 bridgehead atoms. The molecule has 5 heteroatoms. The van der Waals surface area contributed by atoms with E-state index < -0.39 is 0 Å². The average Bonchev–Trinajstić information content (AvgIpc) is 3.44. The Morgan fingerprint density at radius 2 is 1.92 bits per heavy atom. The van der Waals surface area contributed by atoms with Crippen molar-refractivity contribution in [2.45, 2.75) is 82.8 Å². The van der Waals surface area contributed by atoms with Crippen molar-refractivity contribution in [3.63, 3.8) is 0 Å². The highest BCUT2D eigenvalue weighted by Gasteiger charge is 2.39. The van der Waals surface area contributed by atoms with Gasteiger partial charge in [0.25, 0.3) is 0 Å². The van der Waals surface area contributed by atoms with E-state index in [2.05, 4.69) is 32.9 Å². The Morgan fingerprint density at radius 3 is 2.58 bits per heavy atom. The fraction of sp³-hybridized carbons (Fsp3) is 0.857. The number of hydrogen-bond donors (Lipinski definition) is 0. The van der Waals surface area contributed by atoms with E-state index in [0.717, 1.165) is 50.7 Å². The van der Waals surface area contributed by atoms with Gasteiger partial charge >= 0.3 is 0 Å². The van der Waals surface area contributed by atoms with E-state index in [0.29, 0.717) is 12.8 Å². The summed E-state index contributed by atoms with van der Waals surface area (Å²) < 4.78 is 0. The third kappa shape index (κ3) is 5.30. The van der Waals surface area contributed by atoms with E-state index in [1.807, 2.05) is 0 Å². The number of likely N-dealkylation sites (tertiary alicyclic amines) is 2. The highest BCUT2D eigenvalue weighted by molar-refractivity contribution is 5.76. The third-order valence-electron chi connectivity index (χ3n) is 6.52. The van der Waals surface area contributed by atoms with Gasteiger partial charge in [-0.25, -0.2) is 0 Å². The van der Waals surface area contributed by atoms with Crippen molar-refractivity contribution in [1.82, 2.24) is 9.80 Å². The molecule has 26 heavy (non-hydrogen) atoms. The molecule has 2 fully saturated rings. The first-order valence-corrected chi connectivity index (χ1v) is 10.5. The Hall–Kier alpha value is -1.41. The van der Waals surface area contributed by atoms with Gasteiger partial charge in [-0.15, -0.1) is 12.3 Å². The normalized spacial score (nSPS) is 25.8. The molecular formula is C21H34N4O. The van der Waals surface area contributed by atoms with Crippen molar-refractivity contribution in [1.29, 1.82) is 0 Å². The Balaban J connectivity index is 1.32. The SMILES string of the molecule is C#CCCC1(CCC(=O)N2CCC(CCN3CCCCC3C)CC2)N=N1. The molecule has 1 atom stereocenters. The minimum absolute atomic E-state index is 0.269. The number of nitrogens with zero attached hydrogens (tertiary/aromatic N) is 4. The zero-order chi connectivity index (χ0) is 18.4.